The maximum Gasteiger partial charge on any atom is 0.247 e. The van der Waals surface area contributed by atoms with E-state index in [1.807, 2.05) is 30.3 Å². The van der Waals surface area contributed by atoms with Crippen molar-refractivity contribution in [2.75, 3.05) is 13.1 Å². The molecule has 1 aromatic rings. The van der Waals surface area contributed by atoms with Gasteiger partial charge >= 0.3 is 0 Å². The lowest BCUT2D eigenvalue weighted by Crippen LogP contribution is -2.38. The molecule has 1 aromatic carbocycles. The summed E-state index contributed by atoms with van der Waals surface area (Å²) < 4.78 is 0. The summed E-state index contributed by atoms with van der Waals surface area (Å²) >= 11 is 0. The van der Waals surface area contributed by atoms with Crippen LogP contribution in [-0.2, 0) is 4.79 Å². The maximum absolute atomic E-state index is 10.6. The van der Waals surface area contributed by atoms with Crippen molar-refractivity contribution in [2.45, 2.75) is 6.10 Å². The number of primary amides is 1. The lowest BCUT2D eigenvalue weighted by Gasteiger charge is -2.10. The molecular weight excluding hydrogens is 204 g/mol. The zero-order valence-corrected chi connectivity index (χ0v) is 9.02. The predicted molar refractivity (Wildman–Crippen MR) is 63.5 cm³/mol. The molecule has 1 amide bonds. The van der Waals surface area contributed by atoms with Crippen molar-refractivity contribution in [3.63, 3.8) is 0 Å². The topological polar surface area (TPSA) is 75.3 Å². The van der Waals surface area contributed by atoms with Gasteiger partial charge in [-0.1, -0.05) is 36.9 Å². The fraction of sp³-hybridized carbons (Fsp3) is 0.250. The number of aliphatic hydroxyl groups excluding tert-OH is 1. The van der Waals surface area contributed by atoms with E-state index >= 15 is 0 Å². The van der Waals surface area contributed by atoms with E-state index in [1.54, 1.807) is 0 Å². The summed E-state index contributed by atoms with van der Waals surface area (Å²) in [6.07, 6.45) is -1.15. The molecule has 0 saturated heterocycles. The number of rotatable bonds is 6. The van der Waals surface area contributed by atoms with E-state index in [0.29, 0.717) is 6.54 Å². The van der Waals surface area contributed by atoms with Crippen LogP contribution in [0, 0.1) is 0 Å². The van der Waals surface area contributed by atoms with Crippen LogP contribution in [0.15, 0.2) is 36.9 Å². The standard InChI is InChI=1S/C12H16N2O2/c1-9(10-5-3-2-4-6-10)7-14-8-11(15)12(13)16/h2-6,11,14-15H,1,7-8H2,(H2,13,16). The third kappa shape index (κ3) is 3.84. The molecule has 4 N–H and O–H groups in total. The average molecular weight is 220 g/mol. The Balaban J connectivity index is 2.34. The molecule has 1 rings (SSSR count). The molecule has 0 aliphatic heterocycles. The molecule has 0 aliphatic carbocycles. The van der Waals surface area contributed by atoms with Gasteiger partial charge in [0.2, 0.25) is 5.91 Å². The fourth-order valence-corrected chi connectivity index (χ4v) is 1.24. The van der Waals surface area contributed by atoms with Crippen molar-refractivity contribution < 1.29 is 9.90 Å². The summed E-state index contributed by atoms with van der Waals surface area (Å²) in [6, 6.07) is 9.70. The Morgan fingerprint density at radius 1 is 1.44 bits per heavy atom. The van der Waals surface area contributed by atoms with Crippen LogP contribution in [0.4, 0.5) is 0 Å². The van der Waals surface area contributed by atoms with Crippen molar-refractivity contribution in [3.05, 3.63) is 42.5 Å². The smallest absolute Gasteiger partial charge is 0.247 e. The number of hydrogen-bond acceptors (Lipinski definition) is 3. The van der Waals surface area contributed by atoms with Gasteiger partial charge in [-0.25, -0.2) is 0 Å². The van der Waals surface area contributed by atoms with Crippen LogP contribution in [0.1, 0.15) is 5.56 Å². The van der Waals surface area contributed by atoms with Crippen molar-refractivity contribution in [3.8, 4) is 0 Å². The van der Waals surface area contributed by atoms with E-state index in [2.05, 4.69) is 11.9 Å². The zero-order valence-electron chi connectivity index (χ0n) is 9.02. The minimum absolute atomic E-state index is 0.140. The van der Waals surface area contributed by atoms with Gasteiger partial charge in [-0.2, -0.15) is 0 Å². The average Bonchev–Trinajstić information content (AvgIpc) is 2.29. The van der Waals surface area contributed by atoms with Gasteiger partial charge in [0, 0.05) is 13.1 Å². The summed E-state index contributed by atoms with van der Waals surface area (Å²) in [5.41, 5.74) is 6.84. The molecule has 0 spiro atoms. The van der Waals surface area contributed by atoms with Gasteiger partial charge in [0.15, 0.2) is 0 Å². The molecule has 0 radical (unpaired) electrons. The van der Waals surface area contributed by atoms with E-state index in [-0.39, 0.29) is 6.54 Å². The van der Waals surface area contributed by atoms with Crippen molar-refractivity contribution in [1.82, 2.24) is 5.32 Å². The van der Waals surface area contributed by atoms with Crippen LogP contribution in [-0.4, -0.2) is 30.2 Å². The Labute approximate surface area is 94.8 Å². The minimum atomic E-state index is -1.15. The Bertz CT molecular complexity index is 363. The number of nitrogens with two attached hydrogens (primary N) is 1. The summed E-state index contributed by atoms with van der Waals surface area (Å²) in [7, 11) is 0. The molecule has 1 unspecified atom stereocenters. The second kappa shape index (κ2) is 6.05. The molecule has 4 nitrogen and oxygen atoms in total. The Morgan fingerprint density at radius 3 is 2.62 bits per heavy atom. The maximum atomic E-state index is 10.6. The lowest BCUT2D eigenvalue weighted by molar-refractivity contribution is -0.125. The number of nitrogens with one attached hydrogen (secondary N) is 1. The number of hydrogen-bond donors (Lipinski definition) is 3. The van der Waals surface area contributed by atoms with E-state index in [4.69, 9.17) is 10.8 Å². The summed E-state index contributed by atoms with van der Waals surface area (Å²) in [4.78, 5) is 10.6. The highest BCUT2D eigenvalue weighted by atomic mass is 16.3. The van der Waals surface area contributed by atoms with Gasteiger partial charge in [-0.05, 0) is 11.1 Å². The van der Waals surface area contributed by atoms with Crippen molar-refractivity contribution in [2.24, 2.45) is 5.73 Å². The summed E-state index contributed by atoms with van der Waals surface area (Å²) in [5, 5.41) is 12.1. The predicted octanol–water partition coefficient (Wildman–Crippen LogP) is 0.136. The first-order valence-corrected chi connectivity index (χ1v) is 5.02. The van der Waals surface area contributed by atoms with Gasteiger partial charge in [-0.15, -0.1) is 0 Å². The van der Waals surface area contributed by atoms with Crippen molar-refractivity contribution >= 4 is 11.5 Å². The highest BCUT2D eigenvalue weighted by Crippen LogP contribution is 2.09. The normalized spacial score (nSPS) is 12.1. The molecule has 0 fully saturated rings. The third-order valence-corrected chi connectivity index (χ3v) is 2.19. The molecule has 0 aromatic heterocycles. The second-order valence-corrected chi connectivity index (χ2v) is 3.52. The number of amides is 1. The molecule has 4 heteroatoms. The molecule has 0 heterocycles. The first-order chi connectivity index (χ1) is 7.61. The molecule has 16 heavy (non-hydrogen) atoms. The van der Waals surface area contributed by atoms with Crippen LogP contribution in [0.5, 0.6) is 0 Å². The highest BCUT2D eigenvalue weighted by molar-refractivity contribution is 5.78. The first-order valence-electron chi connectivity index (χ1n) is 5.02. The summed E-state index contributed by atoms with van der Waals surface area (Å²) in [6.45, 7) is 4.55. The third-order valence-electron chi connectivity index (χ3n) is 2.19. The largest absolute Gasteiger partial charge is 0.382 e. The molecule has 0 saturated carbocycles. The van der Waals surface area contributed by atoms with E-state index in [9.17, 15) is 4.79 Å². The molecular formula is C12H16N2O2. The number of carbonyl (C=O) groups excluding carboxylic acids is 1. The Morgan fingerprint density at radius 2 is 2.06 bits per heavy atom. The van der Waals surface area contributed by atoms with Gasteiger partial charge in [-0.3, -0.25) is 4.79 Å². The first kappa shape index (κ1) is 12.4. The number of benzene rings is 1. The minimum Gasteiger partial charge on any atom is -0.382 e. The molecule has 0 bridgehead atoms. The molecule has 86 valence electrons. The quantitative estimate of drug-likeness (QED) is 0.638. The Kier molecular flexibility index (Phi) is 4.69. The number of aliphatic hydroxyl groups is 1. The highest BCUT2D eigenvalue weighted by Gasteiger charge is 2.09. The zero-order chi connectivity index (χ0) is 12.0. The van der Waals surface area contributed by atoms with E-state index in [0.717, 1.165) is 11.1 Å². The second-order valence-electron chi connectivity index (χ2n) is 3.52. The lowest BCUT2D eigenvalue weighted by atomic mass is 10.1. The van der Waals surface area contributed by atoms with Gasteiger partial charge < -0.3 is 16.2 Å². The van der Waals surface area contributed by atoms with Crippen LogP contribution >= 0.6 is 0 Å². The number of carbonyl (C=O) groups is 1. The van der Waals surface area contributed by atoms with Crippen LogP contribution in [0.25, 0.3) is 5.57 Å². The van der Waals surface area contributed by atoms with Gasteiger partial charge in [0.1, 0.15) is 6.10 Å². The molecule has 1 atom stereocenters. The molecule has 0 aliphatic rings. The van der Waals surface area contributed by atoms with E-state index < -0.39 is 12.0 Å². The van der Waals surface area contributed by atoms with Crippen LogP contribution in [0.2, 0.25) is 0 Å². The van der Waals surface area contributed by atoms with Gasteiger partial charge in [0.05, 0.1) is 0 Å². The van der Waals surface area contributed by atoms with Gasteiger partial charge in [0.25, 0.3) is 0 Å². The Hall–Kier alpha value is -1.65. The van der Waals surface area contributed by atoms with E-state index in [1.165, 1.54) is 0 Å². The monoisotopic (exact) mass is 220 g/mol. The van der Waals surface area contributed by atoms with Crippen molar-refractivity contribution in [1.29, 1.82) is 0 Å². The van der Waals surface area contributed by atoms with Crippen LogP contribution < -0.4 is 11.1 Å². The summed E-state index contributed by atoms with van der Waals surface area (Å²) in [5.74, 6) is -0.724. The fourth-order valence-electron chi connectivity index (χ4n) is 1.24. The SMILES string of the molecule is C=C(CNCC(O)C(N)=O)c1ccccc1. The van der Waals surface area contributed by atoms with Crippen LogP contribution in [0.3, 0.4) is 0 Å².